The normalized spacial score (nSPS) is 19.6. The molecule has 0 aliphatic carbocycles. The van der Waals surface area contributed by atoms with Gasteiger partial charge in [0.05, 0.1) is 0 Å². The monoisotopic (exact) mass is 290 g/mol. The van der Waals surface area contributed by atoms with Crippen LogP contribution in [0.3, 0.4) is 0 Å². The van der Waals surface area contributed by atoms with E-state index in [0.717, 1.165) is 31.7 Å². The van der Waals surface area contributed by atoms with E-state index in [1.54, 1.807) is 6.92 Å². The van der Waals surface area contributed by atoms with Gasteiger partial charge in [-0.2, -0.15) is 0 Å². The van der Waals surface area contributed by atoms with Crippen LogP contribution in [-0.2, 0) is 10.4 Å². The van der Waals surface area contributed by atoms with Crippen molar-refractivity contribution in [3.63, 3.8) is 0 Å². The third-order valence-corrected chi connectivity index (χ3v) is 4.51. The third kappa shape index (κ3) is 3.63. The van der Waals surface area contributed by atoms with E-state index in [0.29, 0.717) is 6.54 Å². The molecule has 0 saturated carbocycles. The molecule has 116 valence electrons. The molecule has 0 unspecified atom stereocenters. The first-order valence-electron chi connectivity index (χ1n) is 7.69. The fourth-order valence-electron chi connectivity index (χ4n) is 2.90. The largest absolute Gasteiger partial charge is 0.384 e. The Labute approximate surface area is 127 Å². The van der Waals surface area contributed by atoms with Gasteiger partial charge in [-0.05, 0) is 11.5 Å². The number of carbonyl (C=O) groups excluding carboxylic acids is 1. The van der Waals surface area contributed by atoms with E-state index in [1.165, 1.54) is 0 Å². The maximum atomic E-state index is 11.4. The number of hydrogen-bond acceptors (Lipinski definition) is 3. The number of benzene rings is 1. The van der Waals surface area contributed by atoms with Crippen molar-refractivity contribution in [1.29, 1.82) is 0 Å². The van der Waals surface area contributed by atoms with Crippen molar-refractivity contribution < 1.29 is 9.90 Å². The van der Waals surface area contributed by atoms with E-state index in [1.807, 2.05) is 35.2 Å². The molecule has 4 nitrogen and oxygen atoms in total. The van der Waals surface area contributed by atoms with Crippen molar-refractivity contribution in [3.8, 4) is 0 Å². The lowest BCUT2D eigenvalue weighted by molar-refractivity contribution is -0.131. The maximum Gasteiger partial charge on any atom is 0.219 e. The standard InChI is InChI=1S/C17H26N2O2/c1-14(2)17(21,16-7-5-4-6-8-16)13-18-9-11-19(12-10-18)15(3)20/h4-8,14,21H,9-13H2,1-3H3/t17-/m0/s1. The lowest BCUT2D eigenvalue weighted by Crippen LogP contribution is -2.53. The smallest absolute Gasteiger partial charge is 0.219 e. The average Bonchev–Trinajstić information content (AvgIpc) is 2.48. The van der Waals surface area contributed by atoms with E-state index in [4.69, 9.17) is 0 Å². The Hall–Kier alpha value is -1.39. The number of amides is 1. The van der Waals surface area contributed by atoms with E-state index in [9.17, 15) is 9.90 Å². The Kier molecular flexibility index (Phi) is 5.01. The number of hydrogen-bond donors (Lipinski definition) is 1. The van der Waals surface area contributed by atoms with Gasteiger partial charge in [0.1, 0.15) is 5.60 Å². The predicted octanol–water partition coefficient (Wildman–Crippen LogP) is 1.69. The lowest BCUT2D eigenvalue weighted by Gasteiger charge is -2.41. The molecule has 1 amide bonds. The first-order chi connectivity index (χ1) is 9.93. The molecule has 0 spiro atoms. The third-order valence-electron chi connectivity index (χ3n) is 4.51. The van der Waals surface area contributed by atoms with Crippen LogP contribution < -0.4 is 0 Å². The van der Waals surface area contributed by atoms with Crippen LogP contribution in [-0.4, -0.2) is 53.5 Å². The Morgan fingerprint density at radius 2 is 1.76 bits per heavy atom. The molecule has 1 aliphatic rings. The van der Waals surface area contributed by atoms with Crippen LogP contribution in [0.4, 0.5) is 0 Å². The molecule has 21 heavy (non-hydrogen) atoms. The van der Waals surface area contributed by atoms with Crippen LogP contribution >= 0.6 is 0 Å². The second-order valence-corrected chi connectivity index (χ2v) is 6.23. The summed E-state index contributed by atoms with van der Waals surface area (Å²) in [5.74, 6) is 0.266. The summed E-state index contributed by atoms with van der Waals surface area (Å²) in [5.41, 5.74) is 0.119. The number of piperazine rings is 1. The Morgan fingerprint density at radius 3 is 2.24 bits per heavy atom. The molecule has 1 aromatic rings. The van der Waals surface area contributed by atoms with Gasteiger partial charge in [0.2, 0.25) is 5.91 Å². The summed E-state index contributed by atoms with van der Waals surface area (Å²) < 4.78 is 0. The van der Waals surface area contributed by atoms with E-state index >= 15 is 0 Å². The average molecular weight is 290 g/mol. The number of aliphatic hydroxyl groups is 1. The summed E-state index contributed by atoms with van der Waals surface area (Å²) in [4.78, 5) is 15.5. The zero-order valence-electron chi connectivity index (χ0n) is 13.2. The second-order valence-electron chi connectivity index (χ2n) is 6.23. The summed E-state index contributed by atoms with van der Waals surface area (Å²) in [6.07, 6.45) is 0. The van der Waals surface area contributed by atoms with E-state index < -0.39 is 5.60 Å². The van der Waals surface area contributed by atoms with Gasteiger partial charge < -0.3 is 10.0 Å². The highest BCUT2D eigenvalue weighted by atomic mass is 16.3. The minimum absolute atomic E-state index is 0.130. The van der Waals surface area contributed by atoms with Crippen molar-refractivity contribution >= 4 is 5.91 Å². The van der Waals surface area contributed by atoms with Crippen molar-refractivity contribution in [2.24, 2.45) is 5.92 Å². The van der Waals surface area contributed by atoms with Crippen LogP contribution in [0.25, 0.3) is 0 Å². The molecule has 1 heterocycles. The molecule has 2 rings (SSSR count). The Bertz CT molecular complexity index is 467. The van der Waals surface area contributed by atoms with Crippen molar-refractivity contribution in [2.45, 2.75) is 26.4 Å². The molecule has 1 saturated heterocycles. The number of rotatable bonds is 4. The predicted molar refractivity (Wildman–Crippen MR) is 83.9 cm³/mol. The molecule has 1 aromatic carbocycles. The van der Waals surface area contributed by atoms with Gasteiger partial charge in [0.15, 0.2) is 0 Å². The van der Waals surface area contributed by atoms with Gasteiger partial charge in [0.25, 0.3) is 0 Å². The number of carbonyl (C=O) groups is 1. The second kappa shape index (κ2) is 6.58. The summed E-state index contributed by atoms with van der Waals surface area (Å²) in [7, 11) is 0. The summed E-state index contributed by atoms with van der Waals surface area (Å²) in [5, 5.41) is 11.2. The lowest BCUT2D eigenvalue weighted by atomic mass is 9.82. The number of β-amino-alcohol motifs (C(OH)–C–C–N with tert-alkyl or cyclic N) is 1. The van der Waals surface area contributed by atoms with E-state index in [2.05, 4.69) is 18.7 Å². The highest BCUT2D eigenvalue weighted by molar-refractivity contribution is 5.73. The molecule has 0 radical (unpaired) electrons. The van der Waals surface area contributed by atoms with Gasteiger partial charge in [-0.25, -0.2) is 0 Å². The Balaban J connectivity index is 2.07. The fraction of sp³-hybridized carbons (Fsp3) is 0.588. The molecule has 1 fully saturated rings. The van der Waals surface area contributed by atoms with Gasteiger partial charge >= 0.3 is 0 Å². The maximum absolute atomic E-state index is 11.4. The zero-order chi connectivity index (χ0) is 15.5. The molecule has 1 atom stereocenters. The van der Waals surface area contributed by atoms with Crippen LogP contribution in [0.5, 0.6) is 0 Å². The molecule has 0 bridgehead atoms. The minimum Gasteiger partial charge on any atom is -0.384 e. The van der Waals surface area contributed by atoms with Crippen molar-refractivity contribution in [3.05, 3.63) is 35.9 Å². The summed E-state index contributed by atoms with van der Waals surface area (Å²) in [6, 6.07) is 9.89. The Morgan fingerprint density at radius 1 is 1.19 bits per heavy atom. The van der Waals surface area contributed by atoms with Gasteiger partial charge in [0, 0.05) is 39.6 Å². The summed E-state index contributed by atoms with van der Waals surface area (Å²) >= 11 is 0. The fourth-order valence-corrected chi connectivity index (χ4v) is 2.90. The van der Waals surface area contributed by atoms with Crippen LogP contribution in [0.2, 0.25) is 0 Å². The van der Waals surface area contributed by atoms with Crippen LogP contribution in [0, 0.1) is 5.92 Å². The highest BCUT2D eigenvalue weighted by Gasteiger charge is 2.35. The molecule has 1 aliphatic heterocycles. The van der Waals surface area contributed by atoms with Gasteiger partial charge in [-0.3, -0.25) is 9.69 Å². The van der Waals surface area contributed by atoms with Gasteiger partial charge in [-0.1, -0.05) is 44.2 Å². The number of nitrogens with zero attached hydrogens (tertiary/aromatic N) is 2. The van der Waals surface area contributed by atoms with Crippen LogP contribution in [0.15, 0.2) is 30.3 Å². The first kappa shape index (κ1) is 16.0. The van der Waals surface area contributed by atoms with E-state index in [-0.39, 0.29) is 11.8 Å². The molecule has 1 N–H and O–H groups in total. The van der Waals surface area contributed by atoms with Gasteiger partial charge in [-0.15, -0.1) is 0 Å². The minimum atomic E-state index is -0.848. The molecule has 0 aromatic heterocycles. The molecular weight excluding hydrogens is 264 g/mol. The first-order valence-corrected chi connectivity index (χ1v) is 7.69. The SMILES string of the molecule is CC(=O)N1CCN(C[C@@](O)(c2ccccc2)C(C)C)CC1. The topological polar surface area (TPSA) is 43.8 Å². The molecular formula is C17H26N2O2. The summed E-state index contributed by atoms with van der Waals surface area (Å²) in [6.45, 7) is 9.47. The van der Waals surface area contributed by atoms with Crippen molar-refractivity contribution in [1.82, 2.24) is 9.80 Å². The quantitative estimate of drug-likeness (QED) is 0.918. The zero-order valence-corrected chi connectivity index (χ0v) is 13.2. The van der Waals surface area contributed by atoms with Crippen LogP contribution in [0.1, 0.15) is 26.3 Å². The highest BCUT2D eigenvalue weighted by Crippen LogP contribution is 2.30. The van der Waals surface area contributed by atoms with Crippen molar-refractivity contribution in [2.75, 3.05) is 32.7 Å². The molecule has 4 heteroatoms.